The lowest BCUT2D eigenvalue weighted by Gasteiger charge is -2.18. The van der Waals surface area contributed by atoms with E-state index < -0.39 is 11.6 Å². The van der Waals surface area contributed by atoms with Crippen molar-refractivity contribution in [3.63, 3.8) is 0 Å². The molecule has 0 aromatic heterocycles. The van der Waals surface area contributed by atoms with Crippen LogP contribution in [-0.4, -0.2) is 11.7 Å². The van der Waals surface area contributed by atoms with Crippen molar-refractivity contribution in [3.05, 3.63) is 65.2 Å². The van der Waals surface area contributed by atoms with Crippen molar-refractivity contribution in [3.8, 4) is 0 Å². The van der Waals surface area contributed by atoms with E-state index in [4.69, 9.17) is 0 Å². The molecule has 0 saturated carbocycles. The second-order valence-corrected chi connectivity index (χ2v) is 6.84. The van der Waals surface area contributed by atoms with Gasteiger partial charge in [0.05, 0.1) is 11.8 Å². The van der Waals surface area contributed by atoms with Gasteiger partial charge in [-0.15, -0.1) is 11.8 Å². The van der Waals surface area contributed by atoms with Crippen LogP contribution in [0.3, 0.4) is 0 Å². The number of carbonyl (C=O) groups excluding carboxylic acids is 1. The first-order valence-corrected chi connectivity index (χ1v) is 8.48. The second-order valence-electron chi connectivity index (χ2n) is 5.79. The zero-order valence-corrected chi connectivity index (χ0v) is 13.5. The highest BCUT2D eigenvalue weighted by Gasteiger charge is 2.29. The number of nitrogens with one attached hydrogen (secondary N) is 1. The first-order valence-electron chi connectivity index (χ1n) is 7.49. The molecule has 2 atom stereocenters. The second kappa shape index (κ2) is 6.71. The van der Waals surface area contributed by atoms with Gasteiger partial charge in [0.15, 0.2) is 11.6 Å². The minimum Gasteiger partial charge on any atom is -0.348 e. The Morgan fingerprint density at radius 1 is 1.22 bits per heavy atom. The van der Waals surface area contributed by atoms with Crippen LogP contribution in [0.15, 0.2) is 47.4 Å². The Labute approximate surface area is 138 Å². The number of benzene rings is 2. The maximum Gasteiger partial charge on any atom is 0.230 e. The minimum atomic E-state index is -0.895. The van der Waals surface area contributed by atoms with Crippen LogP contribution in [0.5, 0.6) is 0 Å². The Bertz CT molecular complexity index is 735. The molecule has 0 heterocycles. The summed E-state index contributed by atoms with van der Waals surface area (Å²) in [4.78, 5) is 12.7. The molecule has 2 unspecified atom stereocenters. The lowest BCUT2D eigenvalue weighted by atomic mass is 10.0. The fourth-order valence-corrected chi connectivity index (χ4v) is 3.68. The molecule has 1 amide bonds. The van der Waals surface area contributed by atoms with E-state index in [2.05, 4.69) is 18.3 Å². The topological polar surface area (TPSA) is 29.1 Å². The zero-order chi connectivity index (χ0) is 16.4. The molecule has 0 fully saturated rings. The SMILES string of the molecule is CC1Cc2ccccc2C1NC(=O)CSc1ccc(F)c(F)c1. The fourth-order valence-electron chi connectivity index (χ4n) is 2.95. The van der Waals surface area contributed by atoms with Crippen LogP contribution in [0.25, 0.3) is 0 Å². The van der Waals surface area contributed by atoms with Gasteiger partial charge in [-0.2, -0.15) is 0 Å². The predicted molar refractivity (Wildman–Crippen MR) is 87.3 cm³/mol. The van der Waals surface area contributed by atoms with Gasteiger partial charge in [0.1, 0.15) is 0 Å². The lowest BCUT2D eigenvalue weighted by molar-refractivity contribution is -0.119. The van der Waals surface area contributed by atoms with E-state index in [1.165, 1.54) is 29.0 Å². The Morgan fingerprint density at radius 3 is 2.78 bits per heavy atom. The molecule has 120 valence electrons. The Hall–Kier alpha value is -1.88. The molecule has 2 nitrogen and oxygen atoms in total. The van der Waals surface area contributed by atoms with Crippen LogP contribution in [-0.2, 0) is 11.2 Å². The number of hydrogen-bond donors (Lipinski definition) is 1. The van der Waals surface area contributed by atoms with Gasteiger partial charge in [0.2, 0.25) is 5.91 Å². The first-order chi connectivity index (χ1) is 11.0. The summed E-state index contributed by atoms with van der Waals surface area (Å²) in [6.45, 7) is 2.12. The molecule has 3 rings (SSSR count). The van der Waals surface area contributed by atoms with Gasteiger partial charge in [0.25, 0.3) is 0 Å². The molecule has 23 heavy (non-hydrogen) atoms. The van der Waals surface area contributed by atoms with Gasteiger partial charge in [-0.05, 0) is 41.7 Å². The molecule has 1 aliphatic carbocycles. The summed E-state index contributed by atoms with van der Waals surface area (Å²) in [6.07, 6.45) is 0.956. The molecule has 0 radical (unpaired) electrons. The van der Waals surface area contributed by atoms with E-state index in [9.17, 15) is 13.6 Å². The van der Waals surface area contributed by atoms with Crippen molar-refractivity contribution in [1.29, 1.82) is 0 Å². The Morgan fingerprint density at radius 2 is 2.00 bits per heavy atom. The van der Waals surface area contributed by atoms with Crippen LogP contribution in [0.2, 0.25) is 0 Å². The molecule has 0 saturated heterocycles. The van der Waals surface area contributed by atoms with Gasteiger partial charge in [0, 0.05) is 4.90 Å². The lowest BCUT2D eigenvalue weighted by Crippen LogP contribution is -2.31. The van der Waals surface area contributed by atoms with E-state index in [1.807, 2.05) is 18.2 Å². The average molecular weight is 333 g/mol. The third kappa shape index (κ3) is 3.55. The number of thioether (sulfide) groups is 1. The van der Waals surface area contributed by atoms with E-state index in [0.29, 0.717) is 10.8 Å². The number of fused-ring (bicyclic) bond motifs is 1. The number of rotatable bonds is 4. The summed E-state index contributed by atoms with van der Waals surface area (Å²) in [5.74, 6) is -1.35. The smallest absolute Gasteiger partial charge is 0.230 e. The normalized spacial score (nSPS) is 19.4. The highest BCUT2D eigenvalue weighted by molar-refractivity contribution is 8.00. The third-order valence-electron chi connectivity index (χ3n) is 4.08. The van der Waals surface area contributed by atoms with E-state index in [0.717, 1.165) is 18.6 Å². The summed E-state index contributed by atoms with van der Waals surface area (Å²) in [5.41, 5.74) is 2.45. The van der Waals surface area contributed by atoms with Crippen molar-refractivity contribution >= 4 is 17.7 Å². The summed E-state index contributed by atoms with van der Waals surface area (Å²) < 4.78 is 26.0. The van der Waals surface area contributed by atoms with Gasteiger partial charge in [-0.25, -0.2) is 8.78 Å². The van der Waals surface area contributed by atoms with Crippen LogP contribution in [0.1, 0.15) is 24.1 Å². The molecule has 0 spiro atoms. The van der Waals surface area contributed by atoms with Gasteiger partial charge in [-0.1, -0.05) is 31.2 Å². The molecule has 5 heteroatoms. The molecule has 1 aliphatic rings. The van der Waals surface area contributed by atoms with Gasteiger partial charge >= 0.3 is 0 Å². The number of amides is 1. The standard InChI is InChI=1S/C18H17F2NOS/c1-11-8-12-4-2-3-5-14(12)18(11)21-17(22)10-23-13-6-7-15(19)16(20)9-13/h2-7,9,11,18H,8,10H2,1H3,(H,21,22). The Kier molecular flexibility index (Phi) is 4.66. The molecule has 0 aliphatic heterocycles. The minimum absolute atomic E-state index is 0.0178. The van der Waals surface area contributed by atoms with Gasteiger partial charge < -0.3 is 5.32 Å². The summed E-state index contributed by atoms with van der Waals surface area (Å²) in [5, 5.41) is 3.05. The number of halogens is 2. The van der Waals surface area contributed by atoms with Crippen LogP contribution in [0, 0.1) is 17.6 Å². The largest absolute Gasteiger partial charge is 0.348 e. The van der Waals surface area contributed by atoms with Crippen LogP contribution < -0.4 is 5.32 Å². The van der Waals surface area contributed by atoms with Crippen LogP contribution >= 0.6 is 11.8 Å². The van der Waals surface area contributed by atoms with Crippen LogP contribution in [0.4, 0.5) is 8.78 Å². The van der Waals surface area contributed by atoms with Crippen molar-refractivity contribution in [2.24, 2.45) is 5.92 Å². The van der Waals surface area contributed by atoms with E-state index >= 15 is 0 Å². The van der Waals surface area contributed by atoms with E-state index in [-0.39, 0.29) is 17.7 Å². The highest BCUT2D eigenvalue weighted by Crippen LogP contribution is 2.35. The predicted octanol–water partition coefficient (Wildman–Crippen LogP) is 4.11. The maximum absolute atomic E-state index is 13.2. The molecular formula is C18H17F2NOS. The third-order valence-corrected chi connectivity index (χ3v) is 5.07. The fraction of sp³-hybridized carbons (Fsp3) is 0.278. The zero-order valence-electron chi connectivity index (χ0n) is 12.7. The number of hydrogen-bond acceptors (Lipinski definition) is 2. The molecular weight excluding hydrogens is 316 g/mol. The highest BCUT2D eigenvalue weighted by atomic mass is 32.2. The van der Waals surface area contributed by atoms with Crippen molar-refractivity contribution < 1.29 is 13.6 Å². The first kappa shape index (κ1) is 16.0. The Balaban J connectivity index is 1.60. The average Bonchev–Trinajstić information content (AvgIpc) is 2.84. The van der Waals surface area contributed by atoms with Crippen molar-refractivity contribution in [2.75, 3.05) is 5.75 Å². The molecule has 2 aromatic rings. The van der Waals surface area contributed by atoms with Crippen molar-refractivity contribution in [2.45, 2.75) is 24.3 Å². The molecule has 1 N–H and O–H groups in total. The number of carbonyl (C=O) groups is 1. The monoisotopic (exact) mass is 333 g/mol. The molecule has 0 bridgehead atoms. The maximum atomic E-state index is 13.2. The van der Waals surface area contributed by atoms with Crippen molar-refractivity contribution in [1.82, 2.24) is 5.32 Å². The summed E-state index contributed by atoms with van der Waals surface area (Å²) >= 11 is 1.20. The quantitative estimate of drug-likeness (QED) is 0.853. The summed E-state index contributed by atoms with van der Waals surface area (Å²) in [7, 11) is 0. The molecule has 2 aromatic carbocycles. The van der Waals surface area contributed by atoms with Gasteiger partial charge in [-0.3, -0.25) is 4.79 Å². The van der Waals surface area contributed by atoms with E-state index in [1.54, 1.807) is 0 Å². The summed E-state index contributed by atoms with van der Waals surface area (Å²) in [6, 6.07) is 11.8.